The highest BCUT2D eigenvalue weighted by atomic mass is 19.3. The molecule has 2 aromatic heterocycles. The number of carbonyl (C=O) groups is 1. The zero-order chi connectivity index (χ0) is 21.4. The van der Waals surface area contributed by atoms with Crippen molar-refractivity contribution in [1.82, 2.24) is 15.0 Å². The summed E-state index contributed by atoms with van der Waals surface area (Å²) in [7, 11) is 2.75. The smallest absolute Gasteiger partial charge is 0.412 e. The number of nitrogens with one attached hydrogen (secondary N) is 2. The third kappa shape index (κ3) is 6.49. The molecule has 0 aliphatic heterocycles. The summed E-state index contributed by atoms with van der Waals surface area (Å²) in [4.78, 5) is 23.3. The number of ether oxygens (including phenoxy) is 3. The van der Waals surface area contributed by atoms with Gasteiger partial charge in [-0.05, 0) is 6.42 Å². The molecule has 2 N–H and O–H groups in total. The number of rotatable bonds is 9. The van der Waals surface area contributed by atoms with Gasteiger partial charge in [0.25, 0.3) is 0 Å². The summed E-state index contributed by atoms with van der Waals surface area (Å²) >= 11 is 0. The molecule has 0 unspecified atom stereocenters. The van der Waals surface area contributed by atoms with Gasteiger partial charge in [0.15, 0.2) is 5.75 Å². The van der Waals surface area contributed by atoms with E-state index in [4.69, 9.17) is 9.47 Å². The van der Waals surface area contributed by atoms with Crippen LogP contribution in [0.3, 0.4) is 0 Å². The van der Waals surface area contributed by atoms with E-state index >= 15 is 0 Å². The van der Waals surface area contributed by atoms with E-state index in [9.17, 15) is 13.6 Å². The zero-order valence-electron chi connectivity index (χ0n) is 16.6. The van der Waals surface area contributed by atoms with Crippen LogP contribution in [0.4, 0.5) is 30.9 Å². The largest absolute Gasteiger partial charge is 0.487 e. The van der Waals surface area contributed by atoms with Crippen LogP contribution in [-0.4, -0.2) is 48.5 Å². The van der Waals surface area contributed by atoms with Crippen LogP contribution in [0.15, 0.2) is 18.3 Å². The SMILES string of the molecule is CCc1cc(Nc2cc(NC(=O)OC)ncc2OCCOC)nc(C(C)(F)F)n1. The Bertz CT molecular complexity index is 845. The molecule has 2 aromatic rings. The molecule has 0 atom stereocenters. The van der Waals surface area contributed by atoms with E-state index in [1.807, 2.05) is 0 Å². The number of aromatic nitrogens is 3. The van der Waals surface area contributed by atoms with E-state index in [0.29, 0.717) is 30.2 Å². The summed E-state index contributed by atoms with van der Waals surface area (Å²) in [6, 6.07) is 3.03. The maximum absolute atomic E-state index is 13.8. The minimum absolute atomic E-state index is 0.153. The van der Waals surface area contributed by atoms with Gasteiger partial charge in [-0.2, -0.15) is 8.78 Å². The lowest BCUT2D eigenvalue weighted by Crippen LogP contribution is -2.16. The molecular weight excluding hydrogens is 388 g/mol. The van der Waals surface area contributed by atoms with Gasteiger partial charge in [0, 0.05) is 31.9 Å². The second-order valence-electron chi connectivity index (χ2n) is 5.96. The number of halogens is 2. The van der Waals surface area contributed by atoms with Crippen LogP contribution in [0.2, 0.25) is 0 Å². The Morgan fingerprint density at radius 3 is 2.55 bits per heavy atom. The Kier molecular flexibility index (Phi) is 7.59. The molecule has 11 heteroatoms. The number of methoxy groups -OCH3 is 2. The number of amides is 1. The summed E-state index contributed by atoms with van der Waals surface area (Å²) in [5, 5.41) is 5.36. The fourth-order valence-electron chi connectivity index (χ4n) is 2.19. The van der Waals surface area contributed by atoms with Gasteiger partial charge in [-0.3, -0.25) is 5.32 Å². The average molecular weight is 411 g/mol. The normalized spacial score (nSPS) is 11.1. The minimum atomic E-state index is -3.20. The van der Waals surface area contributed by atoms with Crippen molar-refractivity contribution in [3.63, 3.8) is 0 Å². The van der Waals surface area contributed by atoms with E-state index in [1.54, 1.807) is 13.0 Å². The summed E-state index contributed by atoms with van der Waals surface area (Å²) in [6.45, 7) is 3.10. The molecule has 158 valence electrons. The molecular formula is C18H23F2N5O4. The van der Waals surface area contributed by atoms with E-state index < -0.39 is 17.8 Å². The first-order chi connectivity index (χ1) is 13.8. The van der Waals surface area contributed by atoms with Crippen molar-refractivity contribution in [2.75, 3.05) is 38.1 Å². The molecule has 9 nitrogen and oxygen atoms in total. The molecule has 0 aliphatic rings. The van der Waals surface area contributed by atoms with Gasteiger partial charge in [-0.25, -0.2) is 19.7 Å². The van der Waals surface area contributed by atoms with E-state index in [0.717, 1.165) is 6.92 Å². The van der Waals surface area contributed by atoms with Gasteiger partial charge in [0.2, 0.25) is 5.82 Å². The van der Waals surface area contributed by atoms with Crippen molar-refractivity contribution in [2.45, 2.75) is 26.2 Å². The number of hydrogen-bond acceptors (Lipinski definition) is 8. The number of pyridine rings is 1. The number of alkyl halides is 2. The quantitative estimate of drug-likeness (QED) is 0.604. The predicted molar refractivity (Wildman–Crippen MR) is 102 cm³/mol. The first kappa shape index (κ1) is 22.2. The molecule has 29 heavy (non-hydrogen) atoms. The Morgan fingerprint density at radius 1 is 1.17 bits per heavy atom. The summed E-state index contributed by atoms with van der Waals surface area (Å²) < 4.78 is 42.6. The number of nitrogens with zero attached hydrogens (tertiary/aromatic N) is 3. The average Bonchev–Trinajstić information content (AvgIpc) is 2.68. The molecule has 0 bridgehead atoms. The fraction of sp³-hybridized carbons (Fsp3) is 0.444. The maximum atomic E-state index is 13.8. The van der Waals surface area contributed by atoms with Crippen LogP contribution >= 0.6 is 0 Å². The van der Waals surface area contributed by atoms with Crippen LogP contribution in [0.1, 0.15) is 25.4 Å². The molecule has 0 saturated carbocycles. The van der Waals surface area contributed by atoms with Crippen LogP contribution in [0.25, 0.3) is 0 Å². The summed E-state index contributed by atoms with van der Waals surface area (Å²) in [6.07, 6.45) is 1.11. The molecule has 0 aliphatic carbocycles. The number of carbonyl (C=O) groups excluding carboxylic acids is 1. The Balaban J connectivity index is 2.39. The van der Waals surface area contributed by atoms with Crippen molar-refractivity contribution in [3.05, 3.63) is 29.8 Å². The van der Waals surface area contributed by atoms with Crippen molar-refractivity contribution in [1.29, 1.82) is 0 Å². The van der Waals surface area contributed by atoms with Crippen molar-refractivity contribution >= 4 is 23.4 Å². The van der Waals surface area contributed by atoms with Crippen LogP contribution in [0, 0.1) is 0 Å². The Labute approximate surface area is 166 Å². The fourth-order valence-corrected chi connectivity index (χ4v) is 2.19. The second-order valence-corrected chi connectivity index (χ2v) is 5.96. The maximum Gasteiger partial charge on any atom is 0.412 e. The lowest BCUT2D eigenvalue weighted by Gasteiger charge is -2.16. The zero-order valence-corrected chi connectivity index (χ0v) is 16.6. The van der Waals surface area contributed by atoms with Crippen molar-refractivity contribution < 1.29 is 27.8 Å². The monoisotopic (exact) mass is 411 g/mol. The highest BCUT2D eigenvalue weighted by molar-refractivity contribution is 5.84. The van der Waals surface area contributed by atoms with Gasteiger partial charge in [-0.1, -0.05) is 6.92 Å². The molecule has 0 saturated heterocycles. The van der Waals surface area contributed by atoms with E-state index in [1.165, 1.54) is 26.5 Å². The Morgan fingerprint density at radius 2 is 1.93 bits per heavy atom. The van der Waals surface area contributed by atoms with E-state index in [2.05, 4.69) is 30.3 Å². The highest BCUT2D eigenvalue weighted by Crippen LogP contribution is 2.31. The van der Waals surface area contributed by atoms with Gasteiger partial charge in [0.1, 0.15) is 18.2 Å². The third-order valence-corrected chi connectivity index (χ3v) is 3.62. The van der Waals surface area contributed by atoms with Crippen molar-refractivity contribution in [2.24, 2.45) is 0 Å². The van der Waals surface area contributed by atoms with Gasteiger partial charge >= 0.3 is 12.0 Å². The second kappa shape index (κ2) is 9.92. The first-order valence-electron chi connectivity index (χ1n) is 8.76. The molecule has 0 aromatic carbocycles. The highest BCUT2D eigenvalue weighted by Gasteiger charge is 2.29. The van der Waals surface area contributed by atoms with Crippen LogP contribution in [0.5, 0.6) is 5.75 Å². The minimum Gasteiger partial charge on any atom is -0.487 e. The van der Waals surface area contributed by atoms with Crippen LogP contribution in [-0.2, 0) is 21.8 Å². The lowest BCUT2D eigenvalue weighted by molar-refractivity contribution is 0.00762. The first-order valence-corrected chi connectivity index (χ1v) is 8.76. The molecule has 2 heterocycles. The topological polar surface area (TPSA) is 107 Å². The number of hydrogen-bond donors (Lipinski definition) is 2. The molecule has 0 fully saturated rings. The molecule has 1 amide bonds. The Hall–Kier alpha value is -3.08. The number of anilines is 3. The predicted octanol–water partition coefficient (Wildman–Crippen LogP) is 3.49. The van der Waals surface area contributed by atoms with E-state index in [-0.39, 0.29) is 18.2 Å². The van der Waals surface area contributed by atoms with Gasteiger partial charge in [-0.15, -0.1) is 0 Å². The molecule has 0 radical (unpaired) electrons. The van der Waals surface area contributed by atoms with Gasteiger partial charge in [0.05, 0.1) is 25.6 Å². The molecule has 2 rings (SSSR count). The number of aryl methyl sites for hydroxylation is 1. The lowest BCUT2D eigenvalue weighted by atomic mass is 10.2. The molecule has 0 spiro atoms. The summed E-state index contributed by atoms with van der Waals surface area (Å²) in [5.41, 5.74) is 0.802. The van der Waals surface area contributed by atoms with Crippen LogP contribution < -0.4 is 15.4 Å². The third-order valence-electron chi connectivity index (χ3n) is 3.62. The standard InChI is InChI=1S/C18H23F2N5O4/c1-5-11-8-15(24-16(22-11)18(2,19)20)23-12-9-14(25-17(26)28-4)21-10-13(12)29-7-6-27-3/h8-10H,5-7H2,1-4H3,(H2,21,22,23,24,25,26). The van der Waals surface area contributed by atoms with Gasteiger partial charge < -0.3 is 19.5 Å². The summed E-state index contributed by atoms with van der Waals surface area (Å²) in [5.74, 6) is -3.15. The van der Waals surface area contributed by atoms with Crippen molar-refractivity contribution in [3.8, 4) is 5.75 Å².